The lowest BCUT2D eigenvalue weighted by Crippen LogP contribution is -2.46. The monoisotopic (exact) mass is 274 g/mol. The summed E-state index contributed by atoms with van der Waals surface area (Å²) in [5.74, 6) is -0.329. The van der Waals surface area contributed by atoms with Crippen LogP contribution in [0.2, 0.25) is 0 Å². The summed E-state index contributed by atoms with van der Waals surface area (Å²) in [6, 6.07) is 0. The van der Waals surface area contributed by atoms with Crippen LogP contribution >= 0.6 is 0 Å². The van der Waals surface area contributed by atoms with Gasteiger partial charge in [0.1, 0.15) is 14.9 Å². The van der Waals surface area contributed by atoms with Crippen molar-refractivity contribution in [3.63, 3.8) is 0 Å². The summed E-state index contributed by atoms with van der Waals surface area (Å²) in [6.45, 7) is 14.2. The molecule has 0 spiro atoms. The van der Waals surface area contributed by atoms with E-state index in [1.54, 1.807) is 6.92 Å². The zero-order valence-electron chi connectivity index (χ0n) is 12.2. The molecule has 0 aromatic rings. The number of esters is 1. The third kappa shape index (κ3) is 6.33. The first-order valence-electron chi connectivity index (χ1n) is 6.52. The van der Waals surface area contributed by atoms with Crippen molar-refractivity contribution in [2.24, 2.45) is 0 Å². The Hall–Kier alpha value is -0.653. The summed E-state index contributed by atoms with van der Waals surface area (Å²) in [6.07, 6.45) is 0.779. The molecule has 1 atom stereocenters. The van der Waals surface area contributed by atoms with Gasteiger partial charge in [-0.25, -0.2) is 4.79 Å². The summed E-state index contributed by atoms with van der Waals surface area (Å²) in [7, 11) is -0.883. The number of ether oxygens (including phenoxy) is 3. The van der Waals surface area contributed by atoms with Crippen LogP contribution in [0.15, 0.2) is 12.2 Å². The highest BCUT2D eigenvalue weighted by Gasteiger charge is 2.31. The van der Waals surface area contributed by atoms with Gasteiger partial charge in [-0.1, -0.05) is 13.5 Å². The van der Waals surface area contributed by atoms with Crippen LogP contribution in [0, 0.1) is 0 Å². The normalized spacial score (nSPS) is 13.8. The van der Waals surface area contributed by atoms with E-state index in [0.717, 1.165) is 6.42 Å². The Morgan fingerprint density at radius 2 is 1.78 bits per heavy atom. The first-order chi connectivity index (χ1) is 8.38. The van der Waals surface area contributed by atoms with Gasteiger partial charge in [-0.15, -0.1) is 0 Å². The Kier molecular flexibility index (Phi) is 8.14. The first kappa shape index (κ1) is 17.3. The van der Waals surface area contributed by atoms with E-state index in [2.05, 4.69) is 6.58 Å². The maximum Gasteiger partial charge on any atom is 0.333 e. The third-order valence-electron chi connectivity index (χ3n) is 2.58. The summed E-state index contributed by atoms with van der Waals surface area (Å²) in [4.78, 5) is 11.5. The van der Waals surface area contributed by atoms with Crippen molar-refractivity contribution in [2.75, 3.05) is 13.2 Å². The summed E-state index contributed by atoms with van der Waals surface area (Å²) < 4.78 is 16.8. The molecular weight excluding hydrogens is 248 g/mol. The zero-order chi connectivity index (χ0) is 14.2. The maximum absolute atomic E-state index is 11.5. The van der Waals surface area contributed by atoms with Crippen LogP contribution in [0.5, 0.6) is 0 Å². The molecule has 0 aliphatic carbocycles. The third-order valence-corrected chi connectivity index (χ3v) is 4.92. The minimum Gasteiger partial charge on any atom is -0.463 e. The summed E-state index contributed by atoms with van der Waals surface area (Å²) in [5, 5.41) is 0. The van der Waals surface area contributed by atoms with Crippen molar-refractivity contribution in [3.05, 3.63) is 12.2 Å². The predicted molar refractivity (Wildman–Crippen MR) is 75.2 cm³/mol. The molecule has 0 amide bonds. The number of carbonyl (C=O) groups is 1. The Balaban J connectivity index is 4.55. The quantitative estimate of drug-likeness (QED) is 0.278. The fraction of sp³-hybridized carbons (Fsp3) is 0.769. The van der Waals surface area contributed by atoms with Gasteiger partial charge in [0.05, 0.1) is 5.73 Å². The molecule has 0 radical (unpaired) electrons. The van der Waals surface area contributed by atoms with Crippen molar-refractivity contribution >= 4 is 15.5 Å². The van der Waals surface area contributed by atoms with Crippen LogP contribution in [0.25, 0.3) is 0 Å². The molecule has 0 aliphatic rings. The number of carbonyl (C=O) groups excluding carboxylic acids is 1. The van der Waals surface area contributed by atoms with Crippen LogP contribution in [-0.4, -0.2) is 39.8 Å². The minimum atomic E-state index is -0.883. The molecule has 0 fully saturated rings. The van der Waals surface area contributed by atoms with Gasteiger partial charge in [0.15, 0.2) is 0 Å². The van der Waals surface area contributed by atoms with Gasteiger partial charge in [-0.2, -0.15) is 0 Å². The van der Waals surface area contributed by atoms with Gasteiger partial charge >= 0.3 is 5.97 Å². The van der Waals surface area contributed by atoms with Crippen LogP contribution in [0.1, 0.15) is 41.0 Å². The molecule has 0 saturated heterocycles. The topological polar surface area (TPSA) is 44.8 Å². The second-order valence-electron chi connectivity index (χ2n) is 4.42. The molecule has 4 nitrogen and oxygen atoms in total. The fourth-order valence-electron chi connectivity index (χ4n) is 1.71. The molecule has 0 heterocycles. The standard InChI is InChI=1S/C13H26O4Si/c1-7-11(17-12(14)10(4)5)18-13(6,15-8-2)16-9-3/h11H,4,7-9,18H2,1-3,5-6H3. The smallest absolute Gasteiger partial charge is 0.333 e. The van der Waals surface area contributed by atoms with Gasteiger partial charge in [0.25, 0.3) is 0 Å². The average molecular weight is 274 g/mol. The van der Waals surface area contributed by atoms with Crippen molar-refractivity contribution in [2.45, 2.75) is 52.2 Å². The predicted octanol–water partition coefficient (Wildman–Crippen LogP) is 1.76. The van der Waals surface area contributed by atoms with Gasteiger partial charge in [0, 0.05) is 18.8 Å². The Labute approximate surface area is 113 Å². The van der Waals surface area contributed by atoms with Gasteiger partial charge < -0.3 is 14.2 Å². The summed E-state index contributed by atoms with van der Waals surface area (Å²) in [5.41, 5.74) is -0.228. The molecule has 0 saturated carbocycles. The van der Waals surface area contributed by atoms with E-state index >= 15 is 0 Å². The molecule has 0 aromatic heterocycles. The van der Waals surface area contributed by atoms with E-state index in [4.69, 9.17) is 14.2 Å². The number of rotatable bonds is 9. The minimum absolute atomic E-state index is 0.0858. The van der Waals surface area contributed by atoms with E-state index in [1.807, 2.05) is 27.7 Å². The lowest BCUT2D eigenvalue weighted by molar-refractivity contribution is -0.167. The molecule has 0 rings (SSSR count). The number of hydrogen-bond donors (Lipinski definition) is 0. The highest BCUT2D eigenvalue weighted by molar-refractivity contribution is 6.40. The highest BCUT2D eigenvalue weighted by atomic mass is 28.2. The average Bonchev–Trinajstić information content (AvgIpc) is 2.28. The SMILES string of the molecule is C=C(C)C(=O)OC(CC)[SiH2]C(C)(OCC)OCC. The van der Waals surface area contributed by atoms with E-state index in [1.165, 1.54) is 0 Å². The second kappa shape index (κ2) is 8.45. The van der Waals surface area contributed by atoms with E-state index in [9.17, 15) is 4.79 Å². The second-order valence-corrected chi connectivity index (χ2v) is 7.02. The zero-order valence-corrected chi connectivity index (χ0v) is 13.7. The van der Waals surface area contributed by atoms with Gasteiger partial charge in [-0.05, 0) is 34.1 Å². The van der Waals surface area contributed by atoms with Crippen molar-refractivity contribution in [1.82, 2.24) is 0 Å². The Bertz CT molecular complexity index is 272. The van der Waals surface area contributed by atoms with Gasteiger partial charge in [0.2, 0.25) is 0 Å². The molecule has 5 heteroatoms. The molecule has 0 bridgehead atoms. The molecule has 1 unspecified atom stereocenters. The largest absolute Gasteiger partial charge is 0.463 e. The molecule has 0 aromatic carbocycles. The van der Waals surface area contributed by atoms with Crippen molar-refractivity contribution < 1.29 is 19.0 Å². The van der Waals surface area contributed by atoms with E-state index < -0.39 is 14.9 Å². The maximum atomic E-state index is 11.5. The first-order valence-corrected chi connectivity index (χ1v) is 8.05. The van der Waals surface area contributed by atoms with Gasteiger partial charge in [-0.3, -0.25) is 0 Å². The number of hydrogen-bond acceptors (Lipinski definition) is 4. The van der Waals surface area contributed by atoms with E-state index in [-0.39, 0.29) is 11.7 Å². The molecule has 18 heavy (non-hydrogen) atoms. The van der Waals surface area contributed by atoms with E-state index in [0.29, 0.717) is 18.8 Å². The summed E-state index contributed by atoms with van der Waals surface area (Å²) >= 11 is 0. The van der Waals surface area contributed by atoms with Crippen molar-refractivity contribution in [3.8, 4) is 0 Å². The lowest BCUT2D eigenvalue weighted by Gasteiger charge is -2.32. The Morgan fingerprint density at radius 1 is 1.28 bits per heavy atom. The lowest BCUT2D eigenvalue weighted by atomic mass is 10.4. The fourth-order valence-corrected chi connectivity index (χ4v) is 3.70. The van der Waals surface area contributed by atoms with Crippen LogP contribution < -0.4 is 0 Å². The molecule has 0 N–H and O–H groups in total. The van der Waals surface area contributed by atoms with Crippen LogP contribution in [0.3, 0.4) is 0 Å². The highest BCUT2D eigenvalue weighted by Crippen LogP contribution is 2.15. The van der Waals surface area contributed by atoms with Crippen LogP contribution in [-0.2, 0) is 19.0 Å². The Morgan fingerprint density at radius 3 is 2.11 bits per heavy atom. The molecular formula is C13H26O4Si. The van der Waals surface area contributed by atoms with Crippen LogP contribution in [0.4, 0.5) is 0 Å². The molecule has 106 valence electrons. The molecule has 0 aliphatic heterocycles. The van der Waals surface area contributed by atoms with Crippen molar-refractivity contribution in [1.29, 1.82) is 0 Å².